The quantitative estimate of drug-likeness (QED) is 0.564. The SMILES string of the molecule is CC[C@]1(C)OC(C)(C)[C@@H](O)[C@H](O)[C@H]1O. The topological polar surface area (TPSA) is 69.9 Å². The van der Waals surface area contributed by atoms with Gasteiger partial charge in [-0.1, -0.05) is 6.92 Å². The zero-order chi connectivity index (χ0) is 11.1. The van der Waals surface area contributed by atoms with Crippen LogP contribution in [0.25, 0.3) is 0 Å². The molecule has 14 heavy (non-hydrogen) atoms. The molecule has 0 saturated carbocycles. The van der Waals surface area contributed by atoms with E-state index < -0.39 is 29.5 Å². The van der Waals surface area contributed by atoms with Crippen LogP contribution in [-0.4, -0.2) is 44.8 Å². The molecule has 0 bridgehead atoms. The lowest BCUT2D eigenvalue weighted by molar-refractivity contribution is -0.294. The first-order valence-corrected chi connectivity index (χ1v) is 4.99. The Hall–Kier alpha value is -0.160. The van der Waals surface area contributed by atoms with E-state index in [4.69, 9.17) is 4.74 Å². The summed E-state index contributed by atoms with van der Waals surface area (Å²) in [6.45, 7) is 7.04. The van der Waals surface area contributed by atoms with E-state index in [-0.39, 0.29) is 0 Å². The largest absolute Gasteiger partial charge is 0.387 e. The van der Waals surface area contributed by atoms with Crippen LogP contribution in [0.1, 0.15) is 34.1 Å². The van der Waals surface area contributed by atoms with Gasteiger partial charge in [-0.15, -0.1) is 0 Å². The average molecular weight is 204 g/mol. The van der Waals surface area contributed by atoms with Crippen LogP contribution < -0.4 is 0 Å². The van der Waals surface area contributed by atoms with E-state index in [1.165, 1.54) is 0 Å². The van der Waals surface area contributed by atoms with Gasteiger partial charge in [-0.05, 0) is 27.2 Å². The molecule has 4 heteroatoms. The van der Waals surface area contributed by atoms with E-state index in [0.29, 0.717) is 6.42 Å². The van der Waals surface area contributed by atoms with Crippen LogP contribution in [-0.2, 0) is 4.74 Å². The predicted molar refractivity (Wildman–Crippen MR) is 51.9 cm³/mol. The van der Waals surface area contributed by atoms with Crippen LogP contribution in [0, 0.1) is 0 Å². The molecular weight excluding hydrogens is 184 g/mol. The number of hydrogen-bond donors (Lipinski definition) is 3. The van der Waals surface area contributed by atoms with Crippen molar-refractivity contribution >= 4 is 0 Å². The molecule has 0 spiro atoms. The highest BCUT2D eigenvalue weighted by molar-refractivity contribution is 5.02. The number of ether oxygens (including phenoxy) is 1. The Kier molecular flexibility index (Phi) is 2.94. The maximum absolute atomic E-state index is 9.76. The van der Waals surface area contributed by atoms with Crippen molar-refractivity contribution in [1.82, 2.24) is 0 Å². The summed E-state index contributed by atoms with van der Waals surface area (Å²) >= 11 is 0. The third kappa shape index (κ3) is 1.67. The Morgan fingerprint density at radius 1 is 1.07 bits per heavy atom. The highest BCUT2D eigenvalue weighted by Crippen LogP contribution is 2.37. The van der Waals surface area contributed by atoms with Crippen molar-refractivity contribution < 1.29 is 20.1 Å². The van der Waals surface area contributed by atoms with Crippen LogP contribution in [0.15, 0.2) is 0 Å². The van der Waals surface area contributed by atoms with E-state index in [0.717, 1.165) is 0 Å². The zero-order valence-corrected chi connectivity index (χ0v) is 9.19. The minimum absolute atomic E-state index is 0.585. The normalized spacial score (nSPS) is 47.8. The smallest absolute Gasteiger partial charge is 0.111 e. The number of hydrogen-bond acceptors (Lipinski definition) is 4. The Balaban J connectivity index is 2.96. The second kappa shape index (κ2) is 3.45. The molecule has 0 amide bonds. The molecule has 84 valence electrons. The molecule has 0 aliphatic carbocycles. The predicted octanol–water partition coefficient (Wildman–Crippen LogP) is 0.0466. The van der Waals surface area contributed by atoms with Gasteiger partial charge in [0, 0.05) is 0 Å². The van der Waals surface area contributed by atoms with Crippen molar-refractivity contribution in [3.05, 3.63) is 0 Å². The second-order valence-electron chi connectivity index (χ2n) is 4.75. The highest BCUT2D eigenvalue weighted by Gasteiger charge is 2.53. The maximum Gasteiger partial charge on any atom is 0.111 e. The summed E-state index contributed by atoms with van der Waals surface area (Å²) in [5, 5.41) is 29.1. The summed E-state index contributed by atoms with van der Waals surface area (Å²) in [5.41, 5.74) is -1.62. The number of aliphatic hydroxyl groups is 3. The van der Waals surface area contributed by atoms with Crippen LogP contribution in [0.2, 0.25) is 0 Å². The Morgan fingerprint density at radius 2 is 1.57 bits per heavy atom. The van der Waals surface area contributed by atoms with Gasteiger partial charge in [-0.25, -0.2) is 0 Å². The highest BCUT2D eigenvalue weighted by atomic mass is 16.6. The summed E-state index contributed by atoms with van der Waals surface area (Å²) in [6, 6.07) is 0. The molecule has 4 atom stereocenters. The van der Waals surface area contributed by atoms with Crippen molar-refractivity contribution in [2.75, 3.05) is 0 Å². The third-order valence-corrected chi connectivity index (χ3v) is 3.18. The minimum atomic E-state index is -1.15. The lowest BCUT2D eigenvalue weighted by atomic mass is 9.80. The van der Waals surface area contributed by atoms with Crippen LogP contribution >= 0.6 is 0 Å². The first-order valence-electron chi connectivity index (χ1n) is 4.99. The van der Waals surface area contributed by atoms with Gasteiger partial charge >= 0.3 is 0 Å². The molecule has 1 rings (SSSR count). The third-order valence-electron chi connectivity index (χ3n) is 3.18. The van der Waals surface area contributed by atoms with Crippen LogP contribution in [0.4, 0.5) is 0 Å². The summed E-state index contributed by atoms with van der Waals surface area (Å²) in [4.78, 5) is 0. The zero-order valence-electron chi connectivity index (χ0n) is 9.19. The molecule has 3 N–H and O–H groups in total. The van der Waals surface area contributed by atoms with Crippen LogP contribution in [0.5, 0.6) is 0 Å². The molecular formula is C10H20O4. The van der Waals surface area contributed by atoms with Crippen molar-refractivity contribution in [2.45, 2.75) is 63.6 Å². The molecule has 0 aromatic carbocycles. The molecule has 0 aromatic heterocycles. The van der Waals surface area contributed by atoms with Crippen molar-refractivity contribution in [3.8, 4) is 0 Å². The number of rotatable bonds is 1. The number of aliphatic hydroxyl groups excluding tert-OH is 3. The molecule has 1 aliphatic rings. The van der Waals surface area contributed by atoms with Gasteiger partial charge in [0.05, 0.1) is 11.2 Å². The van der Waals surface area contributed by atoms with Crippen molar-refractivity contribution in [1.29, 1.82) is 0 Å². The molecule has 1 heterocycles. The van der Waals surface area contributed by atoms with Gasteiger partial charge in [-0.2, -0.15) is 0 Å². The van der Waals surface area contributed by atoms with E-state index >= 15 is 0 Å². The van der Waals surface area contributed by atoms with E-state index in [1.54, 1.807) is 20.8 Å². The molecule has 0 aromatic rings. The summed E-state index contributed by atoms with van der Waals surface area (Å²) < 4.78 is 5.65. The Bertz CT molecular complexity index is 216. The van der Waals surface area contributed by atoms with Crippen LogP contribution in [0.3, 0.4) is 0 Å². The molecule has 1 saturated heterocycles. The van der Waals surface area contributed by atoms with Gasteiger partial charge in [0.25, 0.3) is 0 Å². The summed E-state index contributed by atoms with van der Waals surface area (Å²) in [6.07, 6.45) is -2.67. The lowest BCUT2D eigenvalue weighted by Gasteiger charge is -2.51. The fourth-order valence-corrected chi connectivity index (χ4v) is 1.95. The van der Waals surface area contributed by atoms with Crippen molar-refractivity contribution in [3.63, 3.8) is 0 Å². The average Bonchev–Trinajstić information content (AvgIpc) is 2.11. The standard InChI is InChI=1S/C10H20O4/c1-5-10(4)8(13)6(11)7(12)9(2,3)14-10/h6-8,11-13H,5H2,1-4H3/t6-,7-,8+,10-/m0/s1. The van der Waals surface area contributed by atoms with Crippen molar-refractivity contribution in [2.24, 2.45) is 0 Å². The van der Waals surface area contributed by atoms with E-state index in [1.807, 2.05) is 6.92 Å². The minimum Gasteiger partial charge on any atom is -0.387 e. The van der Waals surface area contributed by atoms with Gasteiger partial charge < -0.3 is 20.1 Å². The summed E-state index contributed by atoms with van der Waals surface area (Å²) in [7, 11) is 0. The fourth-order valence-electron chi connectivity index (χ4n) is 1.95. The first-order chi connectivity index (χ1) is 6.24. The first kappa shape index (κ1) is 11.9. The Labute approximate surface area is 84.5 Å². The molecule has 1 fully saturated rings. The van der Waals surface area contributed by atoms with E-state index in [9.17, 15) is 15.3 Å². The monoisotopic (exact) mass is 204 g/mol. The molecule has 0 radical (unpaired) electrons. The fraction of sp³-hybridized carbons (Fsp3) is 1.00. The second-order valence-corrected chi connectivity index (χ2v) is 4.75. The van der Waals surface area contributed by atoms with Gasteiger partial charge in [0.1, 0.15) is 18.3 Å². The van der Waals surface area contributed by atoms with E-state index in [2.05, 4.69) is 0 Å². The lowest BCUT2D eigenvalue weighted by Crippen LogP contribution is -2.66. The van der Waals surface area contributed by atoms with Gasteiger partial charge in [-0.3, -0.25) is 0 Å². The van der Waals surface area contributed by atoms with Gasteiger partial charge in [0.2, 0.25) is 0 Å². The molecule has 0 unspecified atom stereocenters. The summed E-state index contributed by atoms with van der Waals surface area (Å²) in [5.74, 6) is 0. The molecule has 1 aliphatic heterocycles. The molecule has 4 nitrogen and oxygen atoms in total. The van der Waals surface area contributed by atoms with Gasteiger partial charge in [0.15, 0.2) is 0 Å². The maximum atomic E-state index is 9.76. The Morgan fingerprint density at radius 3 is 2.00 bits per heavy atom.